The first-order valence-electron chi connectivity index (χ1n) is 5.09. The SMILES string of the molecule is O=C(NC1(C(F)(F)F)CC1)c1cc(F)ccc1Br. The van der Waals surface area contributed by atoms with E-state index in [1.165, 1.54) is 6.07 Å². The summed E-state index contributed by atoms with van der Waals surface area (Å²) in [6, 6.07) is 3.28. The molecule has 1 aromatic rings. The molecule has 0 heterocycles. The molecule has 0 unspecified atom stereocenters. The van der Waals surface area contributed by atoms with E-state index in [0.717, 1.165) is 12.1 Å². The second kappa shape index (κ2) is 4.22. The first kappa shape index (κ1) is 13.3. The highest BCUT2D eigenvalue weighted by Gasteiger charge is 2.64. The number of carbonyl (C=O) groups is 1. The number of carbonyl (C=O) groups excluding carboxylic acids is 1. The molecule has 0 atom stereocenters. The van der Waals surface area contributed by atoms with Gasteiger partial charge >= 0.3 is 6.18 Å². The molecule has 2 rings (SSSR count). The normalized spacial score (nSPS) is 17.4. The topological polar surface area (TPSA) is 29.1 Å². The highest BCUT2D eigenvalue weighted by atomic mass is 79.9. The van der Waals surface area contributed by atoms with Crippen molar-refractivity contribution in [3.63, 3.8) is 0 Å². The molecule has 2 nitrogen and oxygen atoms in total. The van der Waals surface area contributed by atoms with Gasteiger partial charge in [-0.3, -0.25) is 4.79 Å². The van der Waals surface area contributed by atoms with Crippen molar-refractivity contribution >= 4 is 21.8 Å². The van der Waals surface area contributed by atoms with Crippen LogP contribution in [0.4, 0.5) is 17.6 Å². The number of hydrogen-bond donors (Lipinski definition) is 1. The van der Waals surface area contributed by atoms with E-state index in [2.05, 4.69) is 15.9 Å². The third-order valence-corrected chi connectivity index (χ3v) is 3.51. The predicted molar refractivity (Wildman–Crippen MR) is 59.6 cm³/mol. The minimum Gasteiger partial charge on any atom is -0.338 e. The summed E-state index contributed by atoms with van der Waals surface area (Å²) in [5.74, 6) is -1.61. The van der Waals surface area contributed by atoms with Crippen LogP contribution in [-0.2, 0) is 0 Å². The van der Waals surface area contributed by atoms with Crippen molar-refractivity contribution in [3.05, 3.63) is 34.1 Å². The average Bonchev–Trinajstić information content (AvgIpc) is 3.01. The van der Waals surface area contributed by atoms with Crippen molar-refractivity contribution in [2.75, 3.05) is 0 Å². The van der Waals surface area contributed by atoms with E-state index in [1.54, 1.807) is 0 Å². The molecule has 0 radical (unpaired) electrons. The van der Waals surface area contributed by atoms with Gasteiger partial charge in [0.1, 0.15) is 11.4 Å². The molecule has 0 spiro atoms. The van der Waals surface area contributed by atoms with Crippen LogP contribution in [0.1, 0.15) is 23.2 Å². The van der Waals surface area contributed by atoms with Gasteiger partial charge in [-0.2, -0.15) is 13.2 Å². The molecule has 1 aliphatic carbocycles. The number of benzene rings is 1. The largest absolute Gasteiger partial charge is 0.411 e. The van der Waals surface area contributed by atoms with Gasteiger partial charge in [0.2, 0.25) is 0 Å². The van der Waals surface area contributed by atoms with Gasteiger partial charge in [-0.1, -0.05) is 0 Å². The van der Waals surface area contributed by atoms with Crippen molar-refractivity contribution < 1.29 is 22.4 Å². The molecule has 0 bridgehead atoms. The fraction of sp³-hybridized carbons (Fsp3) is 0.364. The Balaban J connectivity index is 2.21. The molecule has 1 aliphatic rings. The number of amides is 1. The highest BCUT2D eigenvalue weighted by Crippen LogP contribution is 2.49. The van der Waals surface area contributed by atoms with E-state index in [0.29, 0.717) is 0 Å². The van der Waals surface area contributed by atoms with Gasteiger partial charge in [-0.15, -0.1) is 0 Å². The van der Waals surface area contributed by atoms with Crippen molar-refractivity contribution in [2.24, 2.45) is 0 Å². The Bertz CT molecular complexity index is 496. The molecule has 98 valence electrons. The number of alkyl halides is 3. The van der Waals surface area contributed by atoms with E-state index >= 15 is 0 Å². The Morgan fingerprint density at radius 2 is 1.94 bits per heavy atom. The summed E-state index contributed by atoms with van der Waals surface area (Å²) in [5.41, 5.74) is -2.29. The van der Waals surface area contributed by atoms with Crippen molar-refractivity contribution in [2.45, 2.75) is 24.6 Å². The quantitative estimate of drug-likeness (QED) is 0.829. The van der Waals surface area contributed by atoms with Crippen LogP contribution < -0.4 is 5.32 Å². The van der Waals surface area contributed by atoms with Gasteiger partial charge in [-0.05, 0) is 47.0 Å². The third-order valence-electron chi connectivity index (χ3n) is 2.82. The lowest BCUT2D eigenvalue weighted by molar-refractivity contribution is -0.163. The zero-order valence-corrected chi connectivity index (χ0v) is 10.5. The smallest absolute Gasteiger partial charge is 0.338 e. The minimum atomic E-state index is -4.48. The number of halogens is 5. The highest BCUT2D eigenvalue weighted by molar-refractivity contribution is 9.10. The fourth-order valence-corrected chi connectivity index (χ4v) is 1.99. The Kier molecular flexibility index (Phi) is 3.12. The van der Waals surface area contributed by atoms with Gasteiger partial charge in [0.15, 0.2) is 0 Å². The lowest BCUT2D eigenvalue weighted by atomic mass is 10.1. The summed E-state index contributed by atoms with van der Waals surface area (Å²) < 4.78 is 51.2. The summed E-state index contributed by atoms with van der Waals surface area (Å²) in [5, 5.41) is 1.93. The second-order valence-electron chi connectivity index (χ2n) is 4.16. The molecule has 18 heavy (non-hydrogen) atoms. The second-order valence-corrected chi connectivity index (χ2v) is 5.01. The van der Waals surface area contributed by atoms with E-state index in [9.17, 15) is 22.4 Å². The summed E-state index contributed by atoms with van der Waals surface area (Å²) in [6.45, 7) is 0. The molecule has 0 aromatic heterocycles. The predicted octanol–water partition coefficient (Wildman–Crippen LogP) is 3.41. The Hall–Kier alpha value is -1.11. The first-order chi connectivity index (χ1) is 8.25. The molecule has 1 N–H and O–H groups in total. The summed E-state index contributed by atoms with van der Waals surface area (Å²) in [6.07, 6.45) is -4.77. The Morgan fingerprint density at radius 3 is 2.44 bits per heavy atom. The maximum Gasteiger partial charge on any atom is 0.411 e. The molecule has 1 fully saturated rings. The summed E-state index contributed by atoms with van der Waals surface area (Å²) >= 11 is 3.00. The van der Waals surface area contributed by atoms with Crippen LogP contribution in [0.25, 0.3) is 0 Å². The summed E-state index contributed by atoms with van der Waals surface area (Å²) in [4.78, 5) is 11.7. The monoisotopic (exact) mass is 325 g/mol. The number of nitrogens with one attached hydrogen (secondary N) is 1. The molecule has 0 saturated heterocycles. The van der Waals surface area contributed by atoms with Crippen LogP contribution in [-0.4, -0.2) is 17.6 Å². The molecule has 1 aromatic carbocycles. The van der Waals surface area contributed by atoms with Gasteiger partial charge < -0.3 is 5.32 Å². The van der Waals surface area contributed by atoms with Crippen LogP contribution in [0, 0.1) is 5.82 Å². The third kappa shape index (κ3) is 2.36. The maximum atomic E-state index is 13.0. The molecular weight excluding hydrogens is 318 g/mol. The van der Waals surface area contributed by atoms with Crippen molar-refractivity contribution in [3.8, 4) is 0 Å². The Labute approximate surface area is 108 Å². The lowest BCUT2D eigenvalue weighted by Gasteiger charge is -2.21. The summed E-state index contributed by atoms with van der Waals surface area (Å²) in [7, 11) is 0. The zero-order valence-electron chi connectivity index (χ0n) is 8.94. The molecule has 1 saturated carbocycles. The van der Waals surface area contributed by atoms with Crippen LogP contribution in [0.15, 0.2) is 22.7 Å². The maximum absolute atomic E-state index is 13.0. The van der Waals surface area contributed by atoms with Crippen LogP contribution in [0.2, 0.25) is 0 Å². The molecule has 7 heteroatoms. The van der Waals surface area contributed by atoms with E-state index < -0.39 is 23.4 Å². The first-order valence-corrected chi connectivity index (χ1v) is 5.89. The van der Waals surface area contributed by atoms with E-state index in [4.69, 9.17) is 0 Å². The van der Waals surface area contributed by atoms with Crippen molar-refractivity contribution in [1.29, 1.82) is 0 Å². The van der Waals surface area contributed by atoms with E-state index in [1.807, 2.05) is 5.32 Å². The van der Waals surface area contributed by atoms with Crippen LogP contribution in [0.3, 0.4) is 0 Å². The van der Waals surface area contributed by atoms with E-state index in [-0.39, 0.29) is 22.9 Å². The number of hydrogen-bond acceptors (Lipinski definition) is 1. The van der Waals surface area contributed by atoms with Crippen molar-refractivity contribution in [1.82, 2.24) is 5.32 Å². The molecule has 0 aliphatic heterocycles. The zero-order chi connectivity index (χ0) is 13.6. The lowest BCUT2D eigenvalue weighted by Crippen LogP contribution is -2.47. The standard InChI is InChI=1S/C11H8BrF4NO/c12-8-2-1-6(13)5-7(8)9(18)17-10(3-4-10)11(14,15)16/h1-2,5H,3-4H2,(H,17,18). The fourth-order valence-electron chi connectivity index (χ4n) is 1.56. The van der Waals surface area contributed by atoms with Gasteiger partial charge in [0.25, 0.3) is 5.91 Å². The molecular formula is C11H8BrF4NO. The van der Waals surface area contributed by atoms with Crippen LogP contribution >= 0.6 is 15.9 Å². The minimum absolute atomic E-state index is 0.144. The van der Waals surface area contributed by atoms with Gasteiger partial charge in [0.05, 0.1) is 5.56 Å². The van der Waals surface area contributed by atoms with Crippen LogP contribution in [0.5, 0.6) is 0 Å². The molecule has 1 amide bonds. The average molecular weight is 326 g/mol. The van der Waals surface area contributed by atoms with Gasteiger partial charge in [-0.25, -0.2) is 4.39 Å². The van der Waals surface area contributed by atoms with Gasteiger partial charge in [0, 0.05) is 4.47 Å². The number of rotatable bonds is 2. The Morgan fingerprint density at radius 1 is 1.33 bits per heavy atom.